The second kappa shape index (κ2) is 8.14. The molecule has 0 bridgehead atoms. The van der Waals surface area contributed by atoms with Gasteiger partial charge in [-0.2, -0.15) is 0 Å². The molecule has 10 heteroatoms. The Morgan fingerprint density at radius 2 is 1.88 bits per heavy atom. The van der Waals surface area contributed by atoms with Crippen molar-refractivity contribution in [3.63, 3.8) is 0 Å². The van der Waals surface area contributed by atoms with Crippen LogP contribution in [0.3, 0.4) is 0 Å². The number of ether oxygens (including phenoxy) is 1. The zero-order valence-corrected chi connectivity index (χ0v) is 18.3. The molecule has 174 valence electrons. The lowest BCUT2D eigenvalue weighted by Crippen LogP contribution is -2.49. The summed E-state index contributed by atoms with van der Waals surface area (Å²) in [7, 11) is 1.51. The second-order valence-electron chi connectivity index (χ2n) is 8.61. The normalized spacial score (nSPS) is 15.7. The third kappa shape index (κ3) is 3.65. The molecule has 3 aromatic rings. The van der Waals surface area contributed by atoms with Crippen molar-refractivity contribution >= 4 is 23.5 Å². The molecule has 2 aromatic carbocycles. The van der Waals surface area contributed by atoms with Gasteiger partial charge in [-0.1, -0.05) is 6.07 Å². The predicted octanol–water partition coefficient (Wildman–Crippen LogP) is 2.40. The number of halogens is 2. The first-order chi connectivity index (χ1) is 16.3. The summed E-state index contributed by atoms with van der Waals surface area (Å²) in [5.41, 5.74) is 7.55. The molecule has 34 heavy (non-hydrogen) atoms. The van der Waals surface area contributed by atoms with Gasteiger partial charge in [-0.25, -0.2) is 18.7 Å². The van der Waals surface area contributed by atoms with Gasteiger partial charge in [0.05, 0.1) is 25.2 Å². The fraction of sp³-hybridized carbons (Fsp3) is 0.250. The van der Waals surface area contributed by atoms with Crippen LogP contribution in [-0.4, -0.2) is 60.0 Å². The molecule has 1 aromatic heterocycles. The minimum absolute atomic E-state index is 0.0719. The number of primary amides is 1. The molecule has 0 aliphatic carbocycles. The highest BCUT2D eigenvalue weighted by Gasteiger charge is 2.49. The summed E-state index contributed by atoms with van der Waals surface area (Å²) < 4.78 is 33.3. The van der Waals surface area contributed by atoms with Gasteiger partial charge in [-0.15, -0.1) is 0 Å². The van der Waals surface area contributed by atoms with Gasteiger partial charge in [0, 0.05) is 48.4 Å². The van der Waals surface area contributed by atoms with E-state index in [9.17, 15) is 18.4 Å². The lowest BCUT2D eigenvalue weighted by atomic mass is 9.80. The SMILES string of the molecule is CN(CC(N)=O)C(=O)c1ccc2c(c1)N(c1ncc(-c3cc(F)ccc3F)cn1)CC21COC1. The van der Waals surface area contributed by atoms with Crippen molar-refractivity contribution in [2.75, 3.05) is 38.3 Å². The van der Waals surface area contributed by atoms with E-state index in [1.165, 1.54) is 24.3 Å². The van der Waals surface area contributed by atoms with Crippen LogP contribution in [0.5, 0.6) is 0 Å². The van der Waals surface area contributed by atoms with Gasteiger partial charge in [-0.05, 0) is 35.9 Å². The van der Waals surface area contributed by atoms with E-state index < -0.39 is 17.5 Å². The Bertz CT molecular complexity index is 1290. The Morgan fingerprint density at radius 1 is 1.15 bits per heavy atom. The Balaban J connectivity index is 1.50. The number of amides is 2. The Hall–Kier alpha value is -3.92. The molecule has 2 N–H and O–H groups in total. The van der Waals surface area contributed by atoms with Crippen LogP contribution in [0, 0.1) is 11.6 Å². The number of hydrogen-bond acceptors (Lipinski definition) is 6. The summed E-state index contributed by atoms with van der Waals surface area (Å²) in [4.78, 5) is 36.0. The van der Waals surface area contributed by atoms with Gasteiger partial charge in [-0.3, -0.25) is 9.59 Å². The van der Waals surface area contributed by atoms with Crippen LogP contribution in [-0.2, 0) is 14.9 Å². The van der Waals surface area contributed by atoms with Gasteiger partial charge < -0.3 is 20.3 Å². The maximum atomic E-state index is 14.2. The number of rotatable bonds is 5. The summed E-state index contributed by atoms with van der Waals surface area (Å²) >= 11 is 0. The molecule has 0 radical (unpaired) electrons. The first-order valence-corrected chi connectivity index (χ1v) is 10.6. The highest BCUT2D eigenvalue weighted by molar-refractivity contribution is 5.97. The molecule has 2 amide bonds. The van der Waals surface area contributed by atoms with Crippen LogP contribution in [0.25, 0.3) is 11.1 Å². The van der Waals surface area contributed by atoms with Crippen molar-refractivity contribution in [2.24, 2.45) is 5.73 Å². The zero-order chi connectivity index (χ0) is 24.0. The molecule has 1 fully saturated rings. The van der Waals surface area contributed by atoms with Crippen molar-refractivity contribution in [3.05, 3.63) is 71.6 Å². The van der Waals surface area contributed by atoms with Gasteiger partial charge in [0.1, 0.15) is 11.6 Å². The number of likely N-dealkylation sites (N-methyl/N-ethyl adjacent to an activating group) is 1. The number of benzene rings is 2. The lowest BCUT2D eigenvalue weighted by Gasteiger charge is -2.38. The number of anilines is 2. The van der Waals surface area contributed by atoms with E-state index in [1.54, 1.807) is 12.1 Å². The minimum Gasteiger partial charge on any atom is -0.379 e. The van der Waals surface area contributed by atoms with E-state index in [4.69, 9.17) is 10.5 Å². The molecule has 5 rings (SSSR count). The van der Waals surface area contributed by atoms with Crippen molar-refractivity contribution in [1.82, 2.24) is 14.9 Å². The molecule has 3 heterocycles. The fourth-order valence-corrected chi connectivity index (χ4v) is 4.43. The summed E-state index contributed by atoms with van der Waals surface area (Å²) in [6.07, 6.45) is 2.88. The first kappa shape index (κ1) is 21.9. The lowest BCUT2D eigenvalue weighted by molar-refractivity contribution is -0.118. The Morgan fingerprint density at radius 3 is 2.53 bits per heavy atom. The van der Waals surface area contributed by atoms with E-state index in [1.807, 2.05) is 11.0 Å². The van der Waals surface area contributed by atoms with Crippen LogP contribution in [0.1, 0.15) is 15.9 Å². The smallest absolute Gasteiger partial charge is 0.254 e. The molecule has 2 aliphatic heterocycles. The second-order valence-corrected chi connectivity index (χ2v) is 8.61. The molecule has 8 nitrogen and oxygen atoms in total. The Labute approximate surface area is 194 Å². The van der Waals surface area contributed by atoms with Crippen LogP contribution in [0.4, 0.5) is 20.4 Å². The summed E-state index contributed by atoms with van der Waals surface area (Å²) in [5, 5.41) is 0. The van der Waals surface area contributed by atoms with E-state index >= 15 is 0 Å². The highest BCUT2D eigenvalue weighted by atomic mass is 19.1. The Kier molecular flexibility index (Phi) is 5.24. The van der Waals surface area contributed by atoms with E-state index in [-0.39, 0.29) is 23.4 Å². The molecule has 1 saturated heterocycles. The molecular weight excluding hydrogens is 444 g/mol. The molecule has 0 atom stereocenters. The number of nitrogens with two attached hydrogens (primary N) is 1. The predicted molar refractivity (Wildman–Crippen MR) is 119 cm³/mol. The van der Waals surface area contributed by atoms with E-state index in [2.05, 4.69) is 9.97 Å². The fourth-order valence-electron chi connectivity index (χ4n) is 4.43. The molecule has 1 spiro atoms. The number of carbonyl (C=O) groups excluding carboxylic acids is 2. The summed E-state index contributed by atoms with van der Waals surface area (Å²) in [6, 6.07) is 8.56. The van der Waals surface area contributed by atoms with Crippen molar-refractivity contribution in [2.45, 2.75) is 5.41 Å². The topological polar surface area (TPSA) is 102 Å². The molecule has 0 saturated carbocycles. The average Bonchev–Trinajstić information content (AvgIpc) is 3.15. The number of fused-ring (bicyclic) bond motifs is 2. The highest BCUT2D eigenvalue weighted by Crippen LogP contribution is 2.47. The van der Waals surface area contributed by atoms with Gasteiger partial charge >= 0.3 is 0 Å². The summed E-state index contributed by atoms with van der Waals surface area (Å²) in [6.45, 7) is 1.40. The van der Waals surface area contributed by atoms with E-state index in [0.717, 1.165) is 29.4 Å². The van der Waals surface area contributed by atoms with Crippen LogP contribution >= 0.6 is 0 Å². The van der Waals surface area contributed by atoms with E-state index in [0.29, 0.717) is 36.8 Å². The monoisotopic (exact) mass is 465 g/mol. The number of carbonyl (C=O) groups is 2. The number of nitrogens with zero attached hydrogens (tertiary/aromatic N) is 4. The third-order valence-electron chi connectivity index (χ3n) is 6.18. The number of hydrogen-bond donors (Lipinski definition) is 1. The maximum absolute atomic E-state index is 14.2. The van der Waals surface area contributed by atoms with Crippen molar-refractivity contribution in [3.8, 4) is 11.1 Å². The van der Waals surface area contributed by atoms with Crippen LogP contribution in [0.15, 0.2) is 48.8 Å². The largest absolute Gasteiger partial charge is 0.379 e. The van der Waals surface area contributed by atoms with Crippen LogP contribution in [0.2, 0.25) is 0 Å². The summed E-state index contributed by atoms with van der Waals surface area (Å²) in [5.74, 6) is -1.71. The molecule has 2 aliphatic rings. The average molecular weight is 465 g/mol. The number of aromatic nitrogens is 2. The third-order valence-corrected chi connectivity index (χ3v) is 6.18. The van der Waals surface area contributed by atoms with Gasteiger partial charge in [0.15, 0.2) is 0 Å². The van der Waals surface area contributed by atoms with Crippen molar-refractivity contribution in [1.29, 1.82) is 0 Å². The maximum Gasteiger partial charge on any atom is 0.254 e. The van der Waals surface area contributed by atoms with Crippen LogP contribution < -0.4 is 10.6 Å². The quantitative estimate of drug-likeness (QED) is 0.621. The zero-order valence-electron chi connectivity index (χ0n) is 18.3. The molecular formula is C24H21F2N5O3. The van der Waals surface area contributed by atoms with Gasteiger partial charge in [0.2, 0.25) is 11.9 Å². The standard InChI is InChI=1S/C24H21F2N5O3/c1-30(10-21(27)32)22(33)14-2-4-18-20(6-14)31(11-24(18)12-34-13-24)23-28-8-15(9-29-23)17-7-16(25)3-5-19(17)26/h2-9H,10-13H2,1H3,(H2,27,32). The first-order valence-electron chi connectivity index (χ1n) is 10.6. The minimum atomic E-state index is -0.604. The molecule has 0 unspecified atom stereocenters. The van der Waals surface area contributed by atoms with Crippen molar-refractivity contribution < 1.29 is 23.1 Å². The van der Waals surface area contributed by atoms with Gasteiger partial charge in [0.25, 0.3) is 5.91 Å².